The molecule has 1 N–H and O–H groups in total. The Kier molecular flexibility index (Phi) is 6.31. The lowest BCUT2D eigenvalue weighted by atomic mass is 10.2. The van der Waals surface area contributed by atoms with Gasteiger partial charge in [0.05, 0.1) is 14.8 Å². The number of benzene rings is 2. The molecule has 1 aliphatic heterocycles. The first-order valence-electron chi connectivity index (χ1n) is 9.64. The Balaban J connectivity index is 1.62. The van der Waals surface area contributed by atoms with Crippen LogP contribution < -0.4 is 5.43 Å². The number of carbonyl (C=O) groups is 2. The highest BCUT2D eigenvalue weighted by molar-refractivity contribution is 8.04. The molecule has 4 rings (SSSR count). The van der Waals surface area contributed by atoms with E-state index in [0.29, 0.717) is 11.1 Å². The van der Waals surface area contributed by atoms with E-state index >= 15 is 0 Å². The molecule has 0 aliphatic carbocycles. The number of hydrogen-bond donors (Lipinski definition) is 1. The predicted molar refractivity (Wildman–Crippen MR) is 120 cm³/mol. The normalized spacial score (nSPS) is 16.6. The molecule has 1 unspecified atom stereocenters. The van der Waals surface area contributed by atoms with Crippen LogP contribution in [0.5, 0.6) is 0 Å². The van der Waals surface area contributed by atoms with Crippen LogP contribution in [0.1, 0.15) is 16.5 Å². The molecule has 1 aliphatic rings. The zero-order chi connectivity index (χ0) is 24.2. The monoisotopic (exact) mass is 481 g/mol. The standard InChI is InChI=1S/C20H15N7O6S/c28-18(10-24-12-21-11-22-24)23-25-19(29)17(9-13-1-5-15(6-2-13)26(30)31)34-20(25)14-3-7-16(8-4-14)27(32)33/h1-9,11-12,20H,10H2,(H,23,28)/b17-9-. The molecule has 13 nitrogen and oxygen atoms in total. The molecule has 1 atom stereocenters. The predicted octanol–water partition coefficient (Wildman–Crippen LogP) is 2.44. The number of nitro benzene ring substituents is 2. The van der Waals surface area contributed by atoms with Gasteiger partial charge in [-0.15, -0.1) is 0 Å². The second-order valence-electron chi connectivity index (χ2n) is 6.98. The number of nitro groups is 2. The topological polar surface area (TPSA) is 166 Å². The average Bonchev–Trinajstić information content (AvgIpc) is 3.43. The van der Waals surface area contributed by atoms with E-state index in [1.807, 2.05) is 0 Å². The Morgan fingerprint density at radius 3 is 2.24 bits per heavy atom. The summed E-state index contributed by atoms with van der Waals surface area (Å²) in [4.78, 5) is 50.5. The highest BCUT2D eigenvalue weighted by Gasteiger charge is 2.38. The van der Waals surface area contributed by atoms with Gasteiger partial charge < -0.3 is 0 Å². The number of amides is 2. The average molecular weight is 481 g/mol. The van der Waals surface area contributed by atoms with Crippen LogP contribution in [0.2, 0.25) is 0 Å². The number of hydrazine groups is 1. The summed E-state index contributed by atoms with van der Waals surface area (Å²) in [6.07, 6.45) is 4.18. The number of non-ortho nitro benzene ring substituents is 2. The Labute approximate surface area is 195 Å². The largest absolute Gasteiger partial charge is 0.280 e. The maximum absolute atomic E-state index is 13.2. The van der Waals surface area contributed by atoms with Crippen molar-refractivity contribution in [2.75, 3.05) is 0 Å². The van der Waals surface area contributed by atoms with Gasteiger partial charge in [-0.2, -0.15) is 5.10 Å². The van der Waals surface area contributed by atoms with Crippen LogP contribution in [0, 0.1) is 20.2 Å². The third-order valence-electron chi connectivity index (χ3n) is 4.71. The van der Waals surface area contributed by atoms with E-state index < -0.39 is 27.0 Å². The smallest absolute Gasteiger partial charge is 0.271 e. The van der Waals surface area contributed by atoms with Crippen molar-refractivity contribution in [3.63, 3.8) is 0 Å². The molecule has 1 fully saturated rings. The van der Waals surface area contributed by atoms with Gasteiger partial charge in [-0.1, -0.05) is 11.8 Å². The Morgan fingerprint density at radius 1 is 1.06 bits per heavy atom. The summed E-state index contributed by atoms with van der Waals surface area (Å²) in [6, 6.07) is 11.3. The van der Waals surface area contributed by atoms with Crippen molar-refractivity contribution in [1.82, 2.24) is 25.2 Å². The number of nitrogens with zero attached hydrogens (tertiary/aromatic N) is 6. The summed E-state index contributed by atoms with van der Waals surface area (Å²) in [5, 5.41) is 26.1. The van der Waals surface area contributed by atoms with Crippen molar-refractivity contribution < 1.29 is 19.4 Å². The van der Waals surface area contributed by atoms with Crippen LogP contribution in [0.4, 0.5) is 11.4 Å². The fourth-order valence-electron chi connectivity index (χ4n) is 3.11. The van der Waals surface area contributed by atoms with E-state index in [9.17, 15) is 29.8 Å². The molecule has 1 aromatic heterocycles. The summed E-state index contributed by atoms with van der Waals surface area (Å²) < 4.78 is 1.29. The molecule has 0 spiro atoms. The van der Waals surface area contributed by atoms with Crippen LogP contribution >= 0.6 is 11.8 Å². The minimum absolute atomic E-state index is 0.0849. The summed E-state index contributed by atoms with van der Waals surface area (Å²) in [5.41, 5.74) is 3.48. The minimum Gasteiger partial charge on any atom is -0.271 e. The van der Waals surface area contributed by atoms with E-state index in [4.69, 9.17) is 0 Å². The second-order valence-corrected chi connectivity index (χ2v) is 8.10. The van der Waals surface area contributed by atoms with Gasteiger partial charge in [-0.3, -0.25) is 35.2 Å². The van der Waals surface area contributed by atoms with Gasteiger partial charge in [-0.25, -0.2) is 14.7 Å². The molecule has 172 valence electrons. The first kappa shape index (κ1) is 22.6. The van der Waals surface area contributed by atoms with Crippen LogP contribution in [0.25, 0.3) is 6.08 Å². The van der Waals surface area contributed by atoms with Crippen molar-refractivity contribution in [2.45, 2.75) is 11.9 Å². The van der Waals surface area contributed by atoms with Gasteiger partial charge in [0, 0.05) is 24.3 Å². The number of nitrogens with one attached hydrogen (secondary N) is 1. The Hall–Kier alpha value is -4.59. The number of thioether (sulfide) groups is 1. The molecule has 3 aromatic rings. The van der Waals surface area contributed by atoms with E-state index in [2.05, 4.69) is 15.5 Å². The van der Waals surface area contributed by atoms with Gasteiger partial charge in [0.25, 0.3) is 23.2 Å². The van der Waals surface area contributed by atoms with Crippen molar-refractivity contribution in [2.24, 2.45) is 0 Å². The first-order valence-corrected chi connectivity index (χ1v) is 10.5. The maximum atomic E-state index is 13.2. The summed E-state index contributed by atoms with van der Waals surface area (Å²) in [7, 11) is 0. The van der Waals surface area contributed by atoms with Crippen molar-refractivity contribution in [3.8, 4) is 0 Å². The number of hydrogen-bond acceptors (Lipinski definition) is 9. The van der Waals surface area contributed by atoms with Gasteiger partial charge in [-0.05, 0) is 41.5 Å². The lowest BCUT2D eigenvalue weighted by Crippen LogP contribution is -2.45. The van der Waals surface area contributed by atoms with E-state index in [1.165, 1.54) is 65.9 Å². The maximum Gasteiger partial charge on any atom is 0.280 e. The zero-order valence-electron chi connectivity index (χ0n) is 17.2. The number of carbonyl (C=O) groups excluding carboxylic acids is 2. The highest BCUT2D eigenvalue weighted by atomic mass is 32.2. The van der Waals surface area contributed by atoms with Crippen LogP contribution in [-0.2, 0) is 16.1 Å². The molecule has 14 heteroatoms. The fourth-order valence-corrected chi connectivity index (χ4v) is 4.30. The van der Waals surface area contributed by atoms with E-state index in [0.717, 1.165) is 16.8 Å². The van der Waals surface area contributed by atoms with Gasteiger partial charge >= 0.3 is 0 Å². The van der Waals surface area contributed by atoms with Crippen LogP contribution in [0.15, 0.2) is 66.1 Å². The van der Waals surface area contributed by atoms with Crippen LogP contribution in [-0.4, -0.2) is 41.4 Å². The molecule has 1 saturated heterocycles. The summed E-state index contributed by atoms with van der Waals surface area (Å²) in [6.45, 7) is -0.178. The highest BCUT2D eigenvalue weighted by Crippen LogP contribution is 2.45. The van der Waals surface area contributed by atoms with Gasteiger partial charge in [0.15, 0.2) is 0 Å². The van der Waals surface area contributed by atoms with Crippen molar-refractivity contribution in [1.29, 1.82) is 0 Å². The summed E-state index contributed by atoms with van der Waals surface area (Å²) in [5.74, 6) is -1.03. The van der Waals surface area contributed by atoms with Crippen molar-refractivity contribution in [3.05, 3.63) is 97.4 Å². The molecular formula is C20H15N7O6S. The Bertz CT molecular complexity index is 1280. The molecule has 0 saturated carbocycles. The quantitative estimate of drug-likeness (QED) is 0.303. The van der Waals surface area contributed by atoms with Gasteiger partial charge in [0.1, 0.15) is 24.6 Å². The van der Waals surface area contributed by atoms with E-state index in [-0.39, 0.29) is 22.8 Å². The molecule has 2 heterocycles. The lowest BCUT2D eigenvalue weighted by Gasteiger charge is -2.24. The number of aromatic nitrogens is 3. The molecule has 2 aromatic carbocycles. The molecule has 0 bridgehead atoms. The molecule has 2 amide bonds. The zero-order valence-corrected chi connectivity index (χ0v) is 18.0. The third-order valence-corrected chi connectivity index (χ3v) is 5.96. The van der Waals surface area contributed by atoms with Crippen LogP contribution in [0.3, 0.4) is 0 Å². The summed E-state index contributed by atoms with van der Waals surface area (Å²) >= 11 is 1.13. The Morgan fingerprint density at radius 2 is 1.68 bits per heavy atom. The fraction of sp³-hybridized carbons (Fsp3) is 0.100. The third kappa shape index (κ3) is 4.91. The molecule has 34 heavy (non-hydrogen) atoms. The molecular weight excluding hydrogens is 466 g/mol. The van der Waals surface area contributed by atoms with Crippen molar-refractivity contribution >= 4 is 41.0 Å². The lowest BCUT2D eigenvalue weighted by molar-refractivity contribution is -0.385. The number of rotatable bonds is 7. The minimum atomic E-state index is -0.697. The van der Waals surface area contributed by atoms with Gasteiger partial charge in [0.2, 0.25) is 0 Å². The SMILES string of the molecule is O=C(Cn1cncn1)NN1C(=O)/C(=C/c2ccc([N+](=O)[O-])cc2)SC1c1ccc([N+](=O)[O-])cc1. The molecule has 0 radical (unpaired) electrons. The second kappa shape index (κ2) is 9.50. The van der Waals surface area contributed by atoms with E-state index in [1.54, 1.807) is 6.08 Å². The first-order chi connectivity index (χ1) is 16.3.